The van der Waals surface area contributed by atoms with Crippen LogP contribution in [0.5, 0.6) is 11.5 Å². The molecule has 2 N–H and O–H groups in total. The summed E-state index contributed by atoms with van der Waals surface area (Å²) >= 11 is 3.30. The molecule has 6 nitrogen and oxygen atoms in total. The summed E-state index contributed by atoms with van der Waals surface area (Å²) in [6.07, 6.45) is 2.81. The Morgan fingerprint density at radius 3 is 2.86 bits per heavy atom. The molecule has 114 valence electrons. The third-order valence-electron chi connectivity index (χ3n) is 2.83. The molecule has 0 saturated heterocycles. The molecule has 0 radical (unpaired) electrons. The maximum absolute atomic E-state index is 11.9. The number of ether oxygens (including phenoxy) is 1. The molecular weight excluding hydrogens is 350 g/mol. The van der Waals surface area contributed by atoms with Crippen LogP contribution in [0.25, 0.3) is 0 Å². The first-order chi connectivity index (χ1) is 10.5. The zero-order valence-corrected chi connectivity index (χ0v) is 13.6. The average molecular weight is 364 g/mol. The third-order valence-corrected chi connectivity index (χ3v) is 3.29. The highest BCUT2D eigenvalue weighted by Gasteiger charge is 2.08. The number of benzene rings is 1. The van der Waals surface area contributed by atoms with E-state index in [0.29, 0.717) is 16.9 Å². The van der Waals surface area contributed by atoms with Crippen molar-refractivity contribution in [3.05, 3.63) is 51.8 Å². The minimum Gasteiger partial charge on any atom is -0.504 e. The van der Waals surface area contributed by atoms with Gasteiger partial charge in [-0.1, -0.05) is 15.9 Å². The summed E-state index contributed by atoms with van der Waals surface area (Å²) in [5.74, 6) is -0.129. The summed E-state index contributed by atoms with van der Waals surface area (Å²) in [5, 5.41) is 13.8. The van der Waals surface area contributed by atoms with Gasteiger partial charge in [-0.25, -0.2) is 5.43 Å². The standard InChI is InChI=1S/C15H14BrN3O3/c1-9-3-4-10(7-17-9)15(21)19-18-8-11-5-12(16)6-13(22-2)14(11)20/h3-8,20H,1-2H3,(H,19,21)/b18-8-. The van der Waals surface area contributed by atoms with Crippen LogP contribution >= 0.6 is 15.9 Å². The molecule has 0 fully saturated rings. The molecule has 1 amide bonds. The highest BCUT2D eigenvalue weighted by molar-refractivity contribution is 9.10. The monoisotopic (exact) mass is 363 g/mol. The van der Waals surface area contributed by atoms with Gasteiger partial charge in [-0.05, 0) is 31.2 Å². The number of aromatic nitrogens is 1. The van der Waals surface area contributed by atoms with Gasteiger partial charge in [0.05, 0.1) is 18.9 Å². The molecule has 1 aromatic carbocycles. The number of phenols is 1. The van der Waals surface area contributed by atoms with Crippen LogP contribution in [-0.4, -0.2) is 29.3 Å². The molecular formula is C15H14BrN3O3. The van der Waals surface area contributed by atoms with Gasteiger partial charge in [-0.3, -0.25) is 9.78 Å². The van der Waals surface area contributed by atoms with Crippen molar-refractivity contribution in [2.75, 3.05) is 7.11 Å². The topological polar surface area (TPSA) is 83.8 Å². The van der Waals surface area contributed by atoms with Crippen LogP contribution in [-0.2, 0) is 0 Å². The second-order valence-electron chi connectivity index (χ2n) is 4.43. The molecule has 0 aliphatic rings. The highest BCUT2D eigenvalue weighted by atomic mass is 79.9. The molecule has 1 heterocycles. The Morgan fingerprint density at radius 1 is 1.45 bits per heavy atom. The number of carbonyl (C=O) groups excluding carboxylic acids is 1. The molecule has 2 rings (SSSR count). The first kappa shape index (κ1) is 16.0. The summed E-state index contributed by atoms with van der Waals surface area (Å²) < 4.78 is 5.76. The number of methoxy groups -OCH3 is 1. The zero-order chi connectivity index (χ0) is 16.1. The lowest BCUT2D eigenvalue weighted by atomic mass is 10.2. The Morgan fingerprint density at radius 2 is 2.23 bits per heavy atom. The lowest BCUT2D eigenvalue weighted by Gasteiger charge is -2.06. The van der Waals surface area contributed by atoms with Gasteiger partial charge in [-0.15, -0.1) is 0 Å². The van der Waals surface area contributed by atoms with Crippen LogP contribution in [0, 0.1) is 6.92 Å². The van der Waals surface area contributed by atoms with E-state index >= 15 is 0 Å². The van der Waals surface area contributed by atoms with Gasteiger partial charge in [0, 0.05) is 21.9 Å². The first-order valence-corrected chi connectivity index (χ1v) is 7.13. The van der Waals surface area contributed by atoms with Crippen LogP contribution < -0.4 is 10.2 Å². The van der Waals surface area contributed by atoms with Crippen molar-refractivity contribution in [1.82, 2.24) is 10.4 Å². The number of hydrazone groups is 1. The molecule has 0 aliphatic heterocycles. The number of hydrogen-bond acceptors (Lipinski definition) is 5. The number of nitrogens with one attached hydrogen (secondary N) is 1. The average Bonchev–Trinajstić information content (AvgIpc) is 2.50. The highest BCUT2D eigenvalue weighted by Crippen LogP contribution is 2.32. The second-order valence-corrected chi connectivity index (χ2v) is 5.35. The lowest BCUT2D eigenvalue weighted by Crippen LogP contribution is -2.17. The maximum atomic E-state index is 11.9. The minimum atomic E-state index is -0.384. The summed E-state index contributed by atoms with van der Waals surface area (Å²) in [7, 11) is 1.45. The number of rotatable bonds is 4. The number of aromatic hydroxyl groups is 1. The Labute approximate surface area is 136 Å². The SMILES string of the molecule is COc1cc(Br)cc(/C=N\NC(=O)c2ccc(C)nc2)c1O. The summed E-state index contributed by atoms with van der Waals surface area (Å²) in [6, 6.07) is 6.68. The van der Waals surface area contributed by atoms with E-state index in [4.69, 9.17) is 4.74 Å². The normalized spacial score (nSPS) is 10.7. The maximum Gasteiger partial charge on any atom is 0.272 e. The third kappa shape index (κ3) is 3.82. The fourth-order valence-corrected chi connectivity index (χ4v) is 2.13. The van der Waals surface area contributed by atoms with E-state index in [2.05, 4.69) is 31.4 Å². The van der Waals surface area contributed by atoms with Gasteiger partial charge in [0.25, 0.3) is 5.91 Å². The Hall–Kier alpha value is -2.41. The number of halogens is 1. The van der Waals surface area contributed by atoms with Crippen LogP contribution in [0.2, 0.25) is 0 Å². The van der Waals surface area contributed by atoms with Crippen LogP contribution in [0.1, 0.15) is 21.6 Å². The fraction of sp³-hybridized carbons (Fsp3) is 0.133. The van der Waals surface area contributed by atoms with E-state index in [9.17, 15) is 9.90 Å². The molecule has 0 unspecified atom stereocenters. The number of carbonyl (C=O) groups is 1. The van der Waals surface area contributed by atoms with Gasteiger partial charge in [0.15, 0.2) is 11.5 Å². The zero-order valence-electron chi connectivity index (χ0n) is 12.0. The Kier molecular flexibility index (Phi) is 5.11. The van der Waals surface area contributed by atoms with Crippen molar-refractivity contribution in [1.29, 1.82) is 0 Å². The minimum absolute atomic E-state index is 0.0549. The van der Waals surface area contributed by atoms with Crippen molar-refractivity contribution >= 4 is 28.1 Å². The van der Waals surface area contributed by atoms with Crippen molar-refractivity contribution in [3.8, 4) is 11.5 Å². The van der Waals surface area contributed by atoms with Crippen LogP contribution in [0.4, 0.5) is 0 Å². The number of hydrogen-bond donors (Lipinski definition) is 2. The molecule has 0 atom stereocenters. The van der Waals surface area contributed by atoms with E-state index in [0.717, 1.165) is 10.2 Å². The van der Waals surface area contributed by atoms with E-state index in [-0.39, 0.29) is 11.7 Å². The Bertz CT molecular complexity index is 715. The van der Waals surface area contributed by atoms with Crippen molar-refractivity contribution in [2.45, 2.75) is 6.92 Å². The van der Waals surface area contributed by atoms with Gasteiger partial charge in [-0.2, -0.15) is 5.10 Å². The lowest BCUT2D eigenvalue weighted by molar-refractivity contribution is 0.0954. The molecule has 22 heavy (non-hydrogen) atoms. The number of pyridine rings is 1. The van der Waals surface area contributed by atoms with Gasteiger partial charge in [0.2, 0.25) is 0 Å². The molecule has 2 aromatic rings. The smallest absolute Gasteiger partial charge is 0.272 e. The predicted molar refractivity (Wildman–Crippen MR) is 86.4 cm³/mol. The molecule has 0 saturated carbocycles. The molecule has 7 heteroatoms. The number of phenolic OH excluding ortho intramolecular Hbond substituents is 1. The summed E-state index contributed by atoms with van der Waals surface area (Å²) in [5.41, 5.74) is 4.01. The Balaban J connectivity index is 2.11. The summed E-state index contributed by atoms with van der Waals surface area (Å²) in [4.78, 5) is 15.9. The molecule has 1 aromatic heterocycles. The summed E-state index contributed by atoms with van der Waals surface area (Å²) in [6.45, 7) is 1.84. The van der Waals surface area contributed by atoms with Gasteiger partial charge in [0.1, 0.15) is 0 Å². The molecule has 0 aliphatic carbocycles. The van der Waals surface area contributed by atoms with Crippen LogP contribution in [0.3, 0.4) is 0 Å². The number of nitrogens with zero attached hydrogens (tertiary/aromatic N) is 2. The van der Waals surface area contributed by atoms with E-state index in [1.807, 2.05) is 6.92 Å². The van der Waals surface area contributed by atoms with Gasteiger partial charge >= 0.3 is 0 Å². The van der Waals surface area contributed by atoms with Gasteiger partial charge < -0.3 is 9.84 Å². The fourth-order valence-electron chi connectivity index (χ4n) is 1.68. The largest absolute Gasteiger partial charge is 0.504 e. The number of aryl methyl sites for hydroxylation is 1. The molecule has 0 spiro atoms. The van der Waals surface area contributed by atoms with E-state index in [1.54, 1.807) is 24.3 Å². The van der Waals surface area contributed by atoms with Crippen molar-refractivity contribution < 1.29 is 14.6 Å². The van der Waals surface area contributed by atoms with E-state index in [1.165, 1.54) is 19.5 Å². The van der Waals surface area contributed by atoms with E-state index < -0.39 is 0 Å². The predicted octanol–water partition coefficient (Wildman–Crippen LogP) is 2.63. The second kappa shape index (κ2) is 7.04. The quantitative estimate of drug-likeness (QED) is 0.645. The number of amides is 1. The van der Waals surface area contributed by atoms with Crippen LogP contribution in [0.15, 0.2) is 40.0 Å². The van der Waals surface area contributed by atoms with Crippen molar-refractivity contribution in [2.24, 2.45) is 5.10 Å². The first-order valence-electron chi connectivity index (χ1n) is 6.34. The van der Waals surface area contributed by atoms with Crippen molar-refractivity contribution in [3.63, 3.8) is 0 Å². The molecule has 0 bridgehead atoms.